The minimum absolute atomic E-state index is 0.0927. The summed E-state index contributed by atoms with van der Waals surface area (Å²) in [7, 11) is 0. The summed E-state index contributed by atoms with van der Waals surface area (Å²) in [6, 6.07) is 5.31. The van der Waals surface area contributed by atoms with E-state index in [9.17, 15) is 27.6 Å². The average molecular weight is 604 g/mol. The summed E-state index contributed by atoms with van der Waals surface area (Å²) in [4.78, 5) is 50.3. The highest BCUT2D eigenvalue weighted by molar-refractivity contribution is 7.07. The molecule has 8 nitrogen and oxygen atoms in total. The quantitative estimate of drug-likeness (QED) is 0.428. The molecule has 0 unspecified atom stereocenters. The fraction of sp³-hybridized carbons (Fsp3) is 0.393. The Kier molecular flexibility index (Phi) is 7.23. The predicted octanol–water partition coefficient (Wildman–Crippen LogP) is 5.00. The average Bonchev–Trinajstić information content (AvgIpc) is 3.54. The largest absolute Gasteiger partial charge is 0.349 e. The van der Waals surface area contributed by atoms with Gasteiger partial charge in [-0.05, 0) is 55.4 Å². The third-order valence-electron chi connectivity index (χ3n) is 8.24. The van der Waals surface area contributed by atoms with Crippen molar-refractivity contribution in [3.8, 4) is 0 Å². The van der Waals surface area contributed by atoms with Crippen LogP contribution in [-0.2, 0) is 10.2 Å². The van der Waals surface area contributed by atoms with E-state index in [1.54, 1.807) is 26.8 Å². The molecule has 0 atom stereocenters. The molecule has 1 aliphatic carbocycles. The Morgan fingerprint density at radius 2 is 1.90 bits per heavy atom. The zero-order valence-electron chi connectivity index (χ0n) is 21.7. The molecule has 2 aromatic heterocycles. The van der Waals surface area contributed by atoms with Crippen LogP contribution in [-0.4, -0.2) is 58.3 Å². The van der Waals surface area contributed by atoms with Gasteiger partial charge >= 0.3 is 0 Å². The van der Waals surface area contributed by atoms with Gasteiger partial charge in [-0.2, -0.15) is 0 Å². The van der Waals surface area contributed by atoms with Crippen molar-refractivity contribution in [1.82, 2.24) is 20.2 Å². The number of amides is 3. The Hall–Kier alpha value is -3.51. The number of fused-ring (bicyclic) bond motifs is 2. The van der Waals surface area contributed by atoms with Crippen molar-refractivity contribution in [2.45, 2.75) is 43.6 Å². The summed E-state index contributed by atoms with van der Waals surface area (Å²) in [6.45, 7) is 0.787. The Bertz CT molecular complexity index is 1510. The van der Waals surface area contributed by atoms with Gasteiger partial charge in [-0.3, -0.25) is 19.4 Å². The number of carbonyl (C=O) groups is 3. The van der Waals surface area contributed by atoms with Crippen molar-refractivity contribution < 1.29 is 27.6 Å². The lowest BCUT2D eigenvalue weighted by Crippen LogP contribution is -2.65. The number of nitrogens with zero attached hydrogens (tertiary/aromatic N) is 4. The number of hydrogen-bond acceptors (Lipinski definition) is 6. The van der Waals surface area contributed by atoms with Crippen molar-refractivity contribution in [2.24, 2.45) is 5.92 Å². The monoisotopic (exact) mass is 603 g/mol. The molecule has 4 heterocycles. The molecule has 1 aromatic carbocycles. The topological polar surface area (TPSA) is 95.5 Å². The predicted molar refractivity (Wildman–Crippen MR) is 146 cm³/mol. The summed E-state index contributed by atoms with van der Waals surface area (Å²) in [5.41, 5.74) is 1.40. The fourth-order valence-corrected chi connectivity index (χ4v) is 6.83. The van der Waals surface area contributed by atoms with E-state index in [0.29, 0.717) is 43.6 Å². The minimum atomic E-state index is -2.91. The minimum Gasteiger partial charge on any atom is -0.349 e. The first-order valence-electron chi connectivity index (χ1n) is 13.2. The number of rotatable bonds is 6. The first kappa shape index (κ1) is 27.6. The Balaban J connectivity index is 1.11. The Morgan fingerprint density at radius 3 is 2.59 bits per heavy atom. The van der Waals surface area contributed by atoms with Gasteiger partial charge in [0.2, 0.25) is 5.91 Å². The number of carbonyl (C=O) groups excluding carboxylic acids is 3. The van der Waals surface area contributed by atoms with E-state index < -0.39 is 29.3 Å². The first-order valence-corrected chi connectivity index (χ1v) is 14.5. The number of halogens is 4. The van der Waals surface area contributed by atoms with Crippen LogP contribution < -0.4 is 10.2 Å². The SMILES string of the molecule is O=C(NC1CCC(CN2C(=O)C3(CN(C(=O)c4cscn4)C3)c3ccc(F)cc32)CC1)c1cc(Cl)cnc1C(F)F. The summed E-state index contributed by atoms with van der Waals surface area (Å²) < 4.78 is 41.0. The number of likely N-dealkylation sites (tertiary alicyclic amines) is 1. The van der Waals surface area contributed by atoms with Gasteiger partial charge in [0, 0.05) is 37.3 Å². The molecule has 3 aliphatic rings. The highest BCUT2D eigenvalue weighted by atomic mass is 35.5. The van der Waals surface area contributed by atoms with E-state index in [-0.39, 0.29) is 47.4 Å². The van der Waals surface area contributed by atoms with E-state index in [4.69, 9.17) is 11.6 Å². The van der Waals surface area contributed by atoms with Gasteiger partial charge < -0.3 is 15.1 Å². The van der Waals surface area contributed by atoms with E-state index >= 15 is 0 Å². The maximum atomic E-state index is 14.3. The number of anilines is 1. The van der Waals surface area contributed by atoms with Crippen molar-refractivity contribution in [2.75, 3.05) is 24.5 Å². The zero-order chi connectivity index (χ0) is 28.9. The third-order valence-corrected chi connectivity index (χ3v) is 9.03. The number of hydrogen-bond donors (Lipinski definition) is 1. The van der Waals surface area contributed by atoms with Gasteiger partial charge in [0.25, 0.3) is 18.2 Å². The van der Waals surface area contributed by atoms with Gasteiger partial charge in [-0.1, -0.05) is 17.7 Å². The summed E-state index contributed by atoms with van der Waals surface area (Å²) in [5, 5.41) is 4.58. The van der Waals surface area contributed by atoms with Crippen molar-refractivity contribution in [3.05, 3.63) is 74.7 Å². The van der Waals surface area contributed by atoms with Crippen molar-refractivity contribution in [1.29, 1.82) is 0 Å². The van der Waals surface area contributed by atoms with Gasteiger partial charge in [0.05, 0.1) is 21.8 Å². The standard InChI is InChI=1S/C28H25ClF3N5O3S/c29-16-7-19(23(24(31)32)33-9-16)25(38)35-18-4-1-15(2-5-18)10-37-22-8-17(30)3-6-20(22)28(27(37)40)12-36(13-28)26(39)21-11-41-14-34-21/h3,6-9,11,14-15,18,24H,1-2,4-5,10,12-13H2,(H,35,38). The molecule has 1 saturated heterocycles. The summed E-state index contributed by atoms with van der Waals surface area (Å²) in [5.74, 6) is -1.39. The lowest BCUT2D eigenvalue weighted by atomic mass is 9.74. The molecule has 41 heavy (non-hydrogen) atoms. The van der Waals surface area contributed by atoms with Crippen LogP contribution in [0, 0.1) is 11.7 Å². The molecular weight excluding hydrogens is 579 g/mol. The molecule has 6 rings (SSSR count). The lowest BCUT2D eigenvalue weighted by molar-refractivity contribution is -0.128. The molecule has 1 saturated carbocycles. The Labute approximate surface area is 242 Å². The van der Waals surface area contributed by atoms with Crippen LogP contribution in [0.3, 0.4) is 0 Å². The van der Waals surface area contributed by atoms with Crippen LogP contribution in [0.15, 0.2) is 41.4 Å². The van der Waals surface area contributed by atoms with E-state index in [1.807, 2.05) is 0 Å². The smallest absolute Gasteiger partial charge is 0.281 e. The van der Waals surface area contributed by atoms with Gasteiger partial charge in [0.15, 0.2) is 0 Å². The van der Waals surface area contributed by atoms with Crippen LogP contribution in [0.1, 0.15) is 64.2 Å². The molecule has 1 spiro atoms. The second-order valence-electron chi connectivity index (χ2n) is 10.8. The van der Waals surface area contributed by atoms with Crippen LogP contribution in [0.5, 0.6) is 0 Å². The number of nitrogens with one attached hydrogen (secondary N) is 1. The van der Waals surface area contributed by atoms with Crippen LogP contribution in [0.4, 0.5) is 18.9 Å². The normalized spacial score (nSPS) is 21.2. The van der Waals surface area contributed by atoms with Crippen LogP contribution >= 0.6 is 22.9 Å². The second kappa shape index (κ2) is 10.7. The number of aromatic nitrogens is 2. The molecule has 0 bridgehead atoms. The maximum Gasteiger partial charge on any atom is 0.281 e. The van der Waals surface area contributed by atoms with E-state index in [1.165, 1.54) is 29.5 Å². The van der Waals surface area contributed by atoms with Crippen molar-refractivity contribution in [3.63, 3.8) is 0 Å². The first-order chi connectivity index (χ1) is 19.7. The molecule has 1 N–H and O–H groups in total. The molecule has 0 radical (unpaired) electrons. The van der Waals surface area contributed by atoms with Gasteiger partial charge in [-0.15, -0.1) is 11.3 Å². The zero-order valence-corrected chi connectivity index (χ0v) is 23.2. The molecule has 3 amide bonds. The lowest BCUT2D eigenvalue weighted by Gasteiger charge is -2.46. The fourth-order valence-electron chi connectivity index (χ4n) is 6.15. The van der Waals surface area contributed by atoms with Gasteiger partial charge in [0.1, 0.15) is 22.6 Å². The summed E-state index contributed by atoms with van der Waals surface area (Å²) in [6.07, 6.45) is 0.706. The van der Waals surface area contributed by atoms with E-state index in [0.717, 1.165) is 11.8 Å². The molecule has 2 aliphatic heterocycles. The molecule has 2 fully saturated rings. The number of thiazole rings is 1. The maximum absolute atomic E-state index is 14.3. The van der Waals surface area contributed by atoms with Crippen LogP contribution in [0.2, 0.25) is 5.02 Å². The number of benzene rings is 1. The number of pyridine rings is 1. The second-order valence-corrected chi connectivity index (χ2v) is 11.9. The molecule has 3 aromatic rings. The van der Waals surface area contributed by atoms with E-state index in [2.05, 4.69) is 15.3 Å². The highest BCUT2D eigenvalue weighted by Crippen LogP contribution is 2.48. The van der Waals surface area contributed by atoms with Crippen molar-refractivity contribution >= 4 is 46.3 Å². The van der Waals surface area contributed by atoms with Gasteiger partial charge in [-0.25, -0.2) is 18.2 Å². The molecule has 13 heteroatoms. The number of alkyl halides is 2. The summed E-state index contributed by atoms with van der Waals surface area (Å²) >= 11 is 7.20. The third kappa shape index (κ3) is 4.97. The molecular formula is C28H25ClF3N5O3S. The highest BCUT2D eigenvalue weighted by Gasteiger charge is 2.59. The Morgan fingerprint density at radius 1 is 1.15 bits per heavy atom. The van der Waals surface area contributed by atoms with Crippen LogP contribution in [0.25, 0.3) is 0 Å². The molecule has 214 valence electrons.